The van der Waals surface area contributed by atoms with Crippen LogP contribution in [0.1, 0.15) is 31.4 Å². The molecular formula is C21H27N3O3. The smallest absolute Gasteiger partial charge is 0.319 e. The molecule has 0 heterocycles. The van der Waals surface area contributed by atoms with Crippen molar-refractivity contribution in [2.24, 2.45) is 0 Å². The van der Waals surface area contributed by atoms with Crippen molar-refractivity contribution in [2.75, 3.05) is 19.0 Å². The zero-order chi connectivity index (χ0) is 19.6. The molecule has 27 heavy (non-hydrogen) atoms. The molecular weight excluding hydrogens is 342 g/mol. The molecule has 2 aromatic carbocycles. The maximum atomic E-state index is 12.0. The van der Waals surface area contributed by atoms with E-state index >= 15 is 0 Å². The van der Waals surface area contributed by atoms with Gasteiger partial charge in [0.1, 0.15) is 5.75 Å². The predicted octanol–water partition coefficient (Wildman–Crippen LogP) is 3.78. The number of nitrogens with one attached hydrogen (secondary N) is 2. The summed E-state index contributed by atoms with van der Waals surface area (Å²) in [6.45, 7) is 5.38. The first-order chi connectivity index (χ1) is 13.0. The second-order valence-electron chi connectivity index (χ2n) is 6.29. The zero-order valence-electron chi connectivity index (χ0n) is 16.1. The van der Waals surface area contributed by atoms with E-state index in [2.05, 4.69) is 10.6 Å². The summed E-state index contributed by atoms with van der Waals surface area (Å²) in [5, 5.41) is 5.63. The lowest BCUT2D eigenvalue weighted by Gasteiger charge is -2.20. The summed E-state index contributed by atoms with van der Waals surface area (Å²) in [6.07, 6.45) is 0.924. The van der Waals surface area contributed by atoms with Crippen molar-refractivity contribution in [3.05, 3.63) is 59.7 Å². The van der Waals surface area contributed by atoms with E-state index in [1.165, 1.54) is 0 Å². The van der Waals surface area contributed by atoms with E-state index in [0.29, 0.717) is 18.8 Å². The molecule has 2 aromatic rings. The van der Waals surface area contributed by atoms with Crippen LogP contribution in [0.25, 0.3) is 0 Å². The fourth-order valence-electron chi connectivity index (χ4n) is 2.63. The van der Waals surface area contributed by atoms with Crippen LogP contribution in [0.4, 0.5) is 10.5 Å². The quantitative estimate of drug-likeness (QED) is 0.744. The van der Waals surface area contributed by atoms with Crippen molar-refractivity contribution in [3.63, 3.8) is 0 Å². The third-order valence-corrected chi connectivity index (χ3v) is 4.14. The van der Waals surface area contributed by atoms with Gasteiger partial charge >= 0.3 is 6.03 Å². The number of carbonyl (C=O) groups excluding carboxylic acids is 2. The molecule has 6 heteroatoms. The summed E-state index contributed by atoms with van der Waals surface area (Å²) in [4.78, 5) is 25.5. The fourth-order valence-corrected chi connectivity index (χ4v) is 2.63. The van der Waals surface area contributed by atoms with Crippen molar-refractivity contribution >= 4 is 17.6 Å². The molecule has 0 radical (unpaired) electrons. The van der Waals surface area contributed by atoms with Gasteiger partial charge in [0.2, 0.25) is 5.91 Å². The standard InChI is InChI=1S/C21H27N3O3/c1-4-13-24(16(2)25)15-18-5-9-19(10-6-18)23-21(26)22-14-17-7-11-20(27-3)12-8-17/h5-12H,4,13-15H2,1-3H3,(H2,22,23,26). The Morgan fingerprint density at radius 2 is 1.63 bits per heavy atom. The minimum Gasteiger partial charge on any atom is -0.497 e. The largest absolute Gasteiger partial charge is 0.497 e. The minimum atomic E-state index is -0.269. The van der Waals surface area contributed by atoms with Crippen LogP contribution in [0.5, 0.6) is 5.75 Å². The Morgan fingerprint density at radius 1 is 1.00 bits per heavy atom. The van der Waals surface area contributed by atoms with E-state index in [9.17, 15) is 9.59 Å². The van der Waals surface area contributed by atoms with Crippen molar-refractivity contribution < 1.29 is 14.3 Å². The molecule has 144 valence electrons. The van der Waals surface area contributed by atoms with Gasteiger partial charge in [-0.05, 0) is 41.8 Å². The number of ether oxygens (including phenoxy) is 1. The normalized spacial score (nSPS) is 10.2. The summed E-state index contributed by atoms with van der Waals surface area (Å²) in [5.74, 6) is 0.850. The van der Waals surface area contributed by atoms with Crippen LogP contribution in [0.15, 0.2) is 48.5 Å². The number of methoxy groups -OCH3 is 1. The first kappa shape index (κ1) is 20.3. The Labute approximate surface area is 160 Å². The zero-order valence-corrected chi connectivity index (χ0v) is 16.1. The molecule has 0 bridgehead atoms. The van der Waals surface area contributed by atoms with E-state index < -0.39 is 0 Å². The Morgan fingerprint density at radius 3 is 2.19 bits per heavy atom. The Hall–Kier alpha value is -3.02. The van der Waals surface area contributed by atoms with Gasteiger partial charge in [-0.25, -0.2) is 4.79 Å². The average molecular weight is 369 g/mol. The van der Waals surface area contributed by atoms with Gasteiger partial charge in [0.15, 0.2) is 0 Å². The first-order valence-corrected chi connectivity index (χ1v) is 9.04. The van der Waals surface area contributed by atoms with E-state index in [1.54, 1.807) is 14.0 Å². The summed E-state index contributed by atoms with van der Waals surface area (Å²) in [7, 11) is 1.62. The average Bonchev–Trinajstić information content (AvgIpc) is 2.67. The van der Waals surface area contributed by atoms with Crippen LogP contribution in [0.2, 0.25) is 0 Å². The Balaban J connectivity index is 1.84. The number of hydrogen-bond acceptors (Lipinski definition) is 3. The highest BCUT2D eigenvalue weighted by Gasteiger charge is 2.08. The lowest BCUT2D eigenvalue weighted by Crippen LogP contribution is -2.29. The van der Waals surface area contributed by atoms with Gasteiger partial charge in [-0.15, -0.1) is 0 Å². The van der Waals surface area contributed by atoms with Crippen LogP contribution in [-0.2, 0) is 17.9 Å². The second-order valence-corrected chi connectivity index (χ2v) is 6.29. The molecule has 6 nitrogen and oxygen atoms in total. The molecule has 0 aliphatic heterocycles. The molecule has 0 spiro atoms. The molecule has 2 rings (SSSR count). The maximum absolute atomic E-state index is 12.0. The van der Waals surface area contributed by atoms with Crippen molar-refractivity contribution in [1.82, 2.24) is 10.2 Å². The Bertz CT molecular complexity index is 742. The van der Waals surface area contributed by atoms with Gasteiger partial charge in [0.05, 0.1) is 7.11 Å². The highest BCUT2D eigenvalue weighted by molar-refractivity contribution is 5.89. The molecule has 3 amide bonds. The second kappa shape index (κ2) is 10.2. The third-order valence-electron chi connectivity index (χ3n) is 4.14. The highest BCUT2D eigenvalue weighted by Crippen LogP contribution is 2.13. The molecule has 0 aliphatic carbocycles. The number of carbonyl (C=O) groups is 2. The molecule has 2 N–H and O–H groups in total. The van der Waals surface area contributed by atoms with Crippen molar-refractivity contribution in [3.8, 4) is 5.75 Å². The minimum absolute atomic E-state index is 0.0666. The van der Waals surface area contributed by atoms with Crippen LogP contribution < -0.4 is 15.4 Å². The van der Waals surface area contributed by atoms with E-state index in [4.69, 9.17) is 4.74 Å². The highest BCUT2D eigenvalue weighted by atomic mass is 16.5. The number of benzene rings is 2. The number of rotatable bonds is 8. The number of anilines is 1. The van der Waals surface area contributed by atoms with E-state index in [0.717, 1.165) is 29.8 Å². The molecule has 0 fully saturated rings. The van der Waals surface area contributed by atoms with Crippen LogP contribution >= 0.6 is 0 Å². The summed E-state index contributed by atoms with van der Waals surface area (Å²) < 4.78 is 5.11. The molecule has 0 saturated carbocycles. The summed E-state index contributed by atoms with van der Waals surface area (Å²) >= 11 is 0. The van der Waals surface area contributed by atoms with Gasteiger partial charge in [0.25, 0.3) is 0 Å². The number of hydrogen-bond donors (Lipinski definition) is 2. The summed E-state index contributed by atoms with van der Waals surface area (Å²) in [6, 6.07) is 14.8. The lowest BCUT2D eigenvalue weighted by atomic mass is 10.2. The Kier molecular flexibility index (Phi) is 7.67. The molecule has 0 aliphatic rings. The first-order valence-electron chi connectivity index (χ1n) is 9.04. The van der Waals surface area contributed by atoms with E-state index in [-0.39, 0.29) is 11.9 Å². The lowest BCUT2D eigenvalue weighted by molar-refractivity contribution is -0.129. The van der Waals surface area contributed by atoms with Gasteiger partial charge in [-0.2, -0.15) is 0 Å². The molecule has 0 saturated heterocycles. The maximum Gasteiger partial charge on any atom is 0.319 e. The van der Waals surface area contributed by atoms with Gasteiger partial charge in [-0.1, -0.05) is 31.2 Å². The van der Waals surface area contributed by atoms with Gasteiger partial charge in [0, 0.05) is 32.2 Å². The molecule has 0 aromatic heterocycles. The fraction of sp³-hybridized carbons (Fsp3) is 0.333. The number of nitrogens with zero attached hydrogens (tertiary/aromatic N) is 1. The number of amides is 3. The van der Waals surface area contributed by atoms with Crippen LogP contribution in [0, 0.1) is 0 Å². The van der Waals surface area contributed by atoms with Gasteiger partial charge < -0.3 is 20.3 Å². The van der Waals surface area contributed by atoms with Crippen LogP contribution in [0.3, 0.4) is 0 Å². The van der Waals surface area contributed by atoms with E-state index in [1.807, 2.05) is 60.4 Å². The topological polar surface area (TPSA) is 70.7 Å². The SMILES string of the molecule is CCCN(Cc1ccc(NC(=O)NCc2ccc(OC)cc2)cc1)C(C)=O. The molecule has 0 unspecified atom stereocenters. The number of urea groups is 1. The van der Waals surface area contributed by atoms with Gasteiger partial charge in [-0.3, -0.25) is 4.79 Å². The van der Waals surface area contributed by atoms with Crippen molar-refractivity contribution in [1.29, 1.82) is 0 Å². The molecule has 0 atom stereocenters. The third kappa shape index (κ3) is 6.66. The van der Waals surface area contributed by atoms with Crippen molar-refractivity contribution in [2.45, 2.75) is 33.4 Å². The summed E-state index contributed by atoms with van der Waals surface area (Å²) in [5.41, 5.74) is 2.72. The predicted molar refractivity (Wildman–Crippen MR) is 107 cm³/mol. The van der Waals surface area contributed by atoms with Crippen LogP contribution in [-0.4, -0.2) is 30.5 Å². The monoisotopic (exact) mass is 369 g/mol.